The van der Waals surface area contributed by atoms with E-state index in [1.807, 2.05) is 32.0 Å². The second kappa shape index (κ2) is 5.21. The molecule has 2 nitrogen and oxygen atoms in total. The molecule has 92 valence electrons. The molecule has 0 heterocycles. The number of nitrogens with one attached hydrogen (secondary N) is 1. The lowest BCUT2D eigenvalue weighted by Gasteiger charge is -2.12. The highest BCUT2D eigenvalue weighted by Gasteiger charge is 2.29. The Balaban J connectivity index is 1.96. The summed E-state index contributed by atoms with van der Waals surface area (Å²) in [7, 11) is 0. The standard InChI is InChI=1S/C14H18BrNO/c1-9-4-3-5-12(10(9)2)14(17)16-8-13(15)11-6-7-11/h3-5,11,13H,6-8H2,1-2H3,(H,16,17). The molecule has 1 N–H and O–H groups in total. The minimum atomic E-state index is 0.0382. The zero-order chi connectivity index (χ0) is 12.4. The number of aryl methyl sites for hydroxylation is 1. The van der Waals surface area contributed by atoms with Crippen LogP contribution in [0.15, 0.2) is 18.2 Å². The SMILES string of the molecule is Cc1cccc(C(=O)NCC(Br)C2CC2)c1C. The van der Waals surface area contributed by atoms with E-state index < -0.39 is 0 Å². The molecule has 3 heteroatoms. The van der Waals surface area contributed by atoms with Crippen molar-refractivity contribution in [3.05, 3.63) is 34.9 Å². The number of benzene rings is 1. The summed E-state index contributed by atoms with van der Waals surface area (Å²) in [5.41, 5.74) is 3.03. The molecule has 2 rings (SSSR count). The van der Waals surface area contributed by atoms with Gasteiger partial charge in [0.2, 0.25) is 0 Å². The topological polar surface area (TPSA) is 29.1 Å². The van der Waals surface area contributed by atoms with Crippen LogP contribution in [0.3, 0.4) is 0 Å². The molecule has 0 aromatic heterocycles. The maximum Gasteiger partial charge on any atom is 0.251 e. The summed E-state index contributed by atoms with van der Waals surface area (Å²) in [6.45, 7) is 4.75. The van der Waals surface area contributed by atoms with Gasteiger partial charge in [-0.05, 0) is 49.8 Å². The zero-order valence-electron chi connectivity index (χ0n) is 10.3. The number of carbonyl (C=O) groups is 1. The fraction of sp³-hybridized carbons (Fsp3) is 0.500. The molecule has 0 spiro atoms. The van der Waals surface area contributed by atoms with Crippen molar-refractivity contribution >= 4 is 21.8 Å². The molecule has 1 aliphatic carbocycles. The number of rotatable bonds is 4. The van der Waals surface area contributed by atoms with Crippen LogP contribution in [0.2, 0.25) is 0 Å². The van der Waals surface area contributed by atoms with Crippen LogP contribution in [-0.4, -0.2) is 17.3 Å². The Morgan fingerprint density at radius 2 is 2.18 bits per heavy atom. The Labute approximate surface area is 111 Å². The van der Waals surface area contributed by atoms with Crippen LogP contribution in [0.25, 0.3) is 0 Å². The van der Waals surface area contributed by atoms with Gasteiger partial charge in [0.05, 0.1) is 0 Å². The second-order valence-corrected chi connectivity index (χ2v) is 5.99. The first-order chi connectivity index (χ1) is 8.09. The summed E-state index contributed by atoms with van der Waals surface area (Å²) >= 11 is 3.62. The highest BCUT2D eigenvalue weighted by molar-refractivity contribution is 9.09. The molecule has 1 aliphatic rings. The van der Waals surface area contributed by atoms with Crippen LogP contribution in [0, 0.1) is 19.8 Å². The maximum atomic E-state index is 12.0. The Morgan fingerprint density at radius 1 is 1.47 bits per heavy atom. The van der Waals surface area contributed by atoms with Crippen LogP contribution < -0.4 is 5.32 Å². The monoisotopic (exact) mass is 295 g/mol. The van der Waals surface area contributed by atoms with Gasteiger partial charge >= 0.3 is 0 Å². The van der Waals surface area contributed by atoms with Gasteiger partial charge in [0.25, 0.3) is 5.91 Å². The summed E-state index contributed by atoms with van der Waals surface area (Å²) in [5, 5.41) is 3.00. The van der Waals surface area contributed by atoms with Crippen LogP contribution in [-0.2, 0) is 0 Å². The average molecular weight is 296 g/mol. The van der Waals surface area contributed by atoms with Crippen LogP contribution >= 0.6 is 15.9 Å². The number of hydrogen-bond donors (Lipinski definition) is 1. The van der Waals surface area contributed by atoms with Crippen LogP contribution in [0.1, 0.15) is 34.3 Å². The predicted molar refractivity (Wildman–Crippen MR) is 73.7 cm³/mol. The molecule has 17 heavy (non-hydrogen) atoms. The second-order valence-electron chi connectivity index (χ2n) is 4.81. The minimum absolute atomic E-state index is 0.0382. The lowest BCUT2D eigenvalue weighted by molar-refractivity contribution is 0.0952. The largest absolute Gasteiger partial charge is 0.351 e. The van der Waals surface area contributed by atoms with Crippen LogP contribution in [0.5, 0.6) is 0 Å². The van der Waals surface area contributed by atoms with E-state index in [9.17, 15) is 4.79 Å². The third kappa shape index (κ3) is 3.09. The number of hydrogen-bond acceptors (Lipinski definition) is 1. The van der Waals surface area contributed by atoms with Gasteiger partial charge in [-0.15, -0.1) is 0 Å². The van der Waals surface area contributed by atoms with Crippen LogP contribution in [0.4, 0.5) is 0 Å². The molecule has 0 saturated heterocycles. The maximum absolute atomic E-state index is 12.0. The highest BCUT2D eigenvalue weighted by Crippen LogP contribution is 2.36. The van der Waals surface area contributed by atoms with Crippen molar-refractivity contribution in [1.82, 2.24) is 5.32 Å². The van der Waals surface area contributed by atoms with E-state index in [2.05, 4.69) is 21.2 Å². The Kier molecular flexibility index (Phi) is 3.87. The lowest BCUT2D eigenvalue weighted by Crippen LogP contribution is -2.30. The van der Waals surface area contributed by atoms with E-state index in [0.717, 1.165) is 29.2 Å². The molecule has 0 radical (unpaired) electrons. The first kappa shape index (κ1) is 12.6. The van der Waals surface area contributed by atoms with Crippen molar-refractivity contribution in [3.8, 4) is 0 Å². The molecule has 1 fully saturated rings. The van der Waals surface area contributed by atoms with E-state index in [0.29, 0.717) is 4.83 Å². The number of amides is 1. The Bertz CT molecular complexity index is 426. The molecule has 1 atom stereocenters. The third-order valence-electron chi connectivity index (χ3n) is 3.44. The van der Waals surface area contributed by atoms with E-state index in [1.54, 1.807) is 0 Å². The molecule has 1 unspecified atom stereocenters. The van der Waals surface area contributed by atoms with Gasteiger partial charge in [-0.1, -0.05) is 28.1 Å². The normalized spacial score (nSPS) is 16.6. The third-order valence-corrected chi connectivity index (χ3v) is 4.51. The van der Waals surface area contributed by atoms with Crippen molar-refractivity contribution in [3.63, 3.8) is 0 Å². The minimum Gasteiger partial charge on any atom is -0.351 e. The highest BCUT2D eigenvalue weighted by atomic mass is 79.9. The van der Waals surface area contributed by atoms with Gasteiger partial charge in [-0.25, -0.2) is 0 Å². The summed E-state index contributed by atoms with van der Waals surface area (Å²) in [6.07, 6.45) is 2.57. The van der Waals surface area contributed by atoms with Crippen molar-refractivity contribution < 1.29 is 4.79 Å². The molecule has 0 bridgehead atoms. The molecule has 1 amide bonds. The fourth-order valence-corrected chi connectivity index (χ4v) is 2.60. The summed E-state index contributed by atoms with van der Waals surface area (Å²) < 4.78 is 0. The summed E-state index contributed by atoms with van der Waals surface area (Å²) in [6, 6.07) is 5.85. The summed E-state index contributed by atoms with van der Waals surface area (Å²) in [5.74, 6) is 0.796. The molecular weight excluding hydrogens is 278 g/mol. The molecule has 1 saturated carbocycles. The van der Waals surface area contributed by atoms with Crippen molar-refractivity contribution in [2.24, 2.45) is 5.92 Å². The van der Waals surface area contributed by atoms with Gasteiger partial charge < -0.3 is 5.32 Å². The Hall–Kier alpha value is -0.830. The fourth-order valence-electron chi connectivity index (χ4n) is 1.91. The van der Waals surface area contributed by atoms with E-state index in [-0.39, 0.29) is 5.91 Å². The van der Waals surface area contributed by atoms with E-state index in [4.69, 9.17) is 0 Å². The lowest BCUT2D eigenvalue weighted by atomic mass is 10.0. The van der Waals surface area contributed by atoms with Gasteiger partial charge in [0.1, 0.15) is 0 Å². The Morgan fingerprint density at radius 3 is 2.82 bits per heavy atom. The molecule has 0 aliphatic heterocycles. The van der Waals surface area contributed by atoms with Gasteiger partial charge in [-0.2, -0.15) is 0 Å². The molecule has 1 aromatic rings. The van der Waals surface area contributed by atoms with E-state index >= 15 is 0 Å². The molecular formula is C14H18BrNO. The van der Waals surface area contributed by atoms with Crippen molar-refractivity contribution in [2.75, 3.05) is 6.54 Å². The smallest absolute Gasteiger partial charge is 0.251 e. The van der Waals surface area contributed by atoms with Gasteiger partial charge in [-0.3, -0.25) is 4.79 Å². The number of halogens is 1. The van der Waals surface area contributed by atoms with E-state index in [1.165, 1.54) is 12.8 Å². The predicted octanol–water partition coefficient (Wildman–Crippen LogP) is 3.21. The van der Waals surface area contributed by atoms with Crippen molar-refractivity contribution in [1.29, 1.82) is 0 Å². The van der Waals surface area contributed by atoms with Crippen molar-refractivity contribution in [2.45, 2.75) is 31.5 Å². The first-order valence-corrected chi connectivity index (χ1v) is 6.99. The zero-order valence-corrected chi connectivity index (χ0v) is 11.9. The number of alkyl halides is 1. The average Bonchev–Trinajstić information content (AvgIpc) is 3.13. The number of carbonyl (C=O) groups excluding carboxylic acids is 1. The molecule has 1 aromatic carbocycles. The summed E-state index contributed by atoms with van der Waals surface area (Å²) in [4.78, 5) is 12.5. The quantitative estimate of drug-likeness (QED) is 0.849. The van der Waals surface area contributed by atoms with Gasteiger partial charge in [0, 0.05) is 16.9 Å². The first-order valence-electron chi connectivity index (χ1n) is 6.08. The van der Waals surface area contributed by atoms with Gasteiger partial charge in [0.15, 0.2) is 0 Å².